The van der Waals surface area contributed by atoms with E-state index in [9.17, 15) is 14.4 Å². The topological polar surface area (TPSA) is 170 Å². The zero-order valence-electron chi connectivity index (χ0n) is 32.0. The fraction of sp³-hybridized carbons (Fsp3) is 0.381. The molecule has 0 aliphatic carbocycles. The van der Waals surface area contributed by atoms with Crippen molar-refractivity contribution in [3.05, 3.63) is 102 Å². The third kappa shape index (κ3) is 8.29. The minimum atomic E-state index is -0.699. The van der Waals surface area contributed by atoms with Crippen LogP contribution in [0.3, 0.4) is 0 Å². The molecule has 2 aromatic carbocycles. The fourth-order valence-corrected chi connectivity index (χ4v) is 7.53. The van der Waals surface area contributed by atoms with Gasteiger partial charge in [-0.15, -0.1) is 0 Å². The lowest BCUT2D eigenvalue weighted by Gasteiger charge is -2.29. The number of likely N-dealkylation sites (tertiary alicyclic amines) is 2. The van der Waals surface area contributed by atoms with Crippen molar-refractivity contribution in [2.75, 3.05) is 34.0 Å². The van der Waals surface area contributed by atoms with E-state index in [1.807, 2.05) is 79.4 Å². The van der Waals surface area contributed by atoms with Crippen LogP contribution in [0.1, 0.15) is 86.1 Å². The highest BCUT2D eigenvalue weighted by Gasteiger charge is 2.38. The first-order chi connectivity index (χ1) is 27.2. The highest BCUT2D eigenvalue weighted by Crippen LogP contribution is 2.35. The van der Waals surface area contributed by atoms with Crippen LogP contribution in [0.25, 0.3) is 22.3 Å². The number of aromatic nitrogens is 5. The van der Waals surface area contributed by atoms with Crippen LogP contribution in [-0.2, 0) is 19.1 Å². The number of hydrogen-bond donors (Lipinski definition) is 4. The molecule has 56 heavy (non-hydrogen) atoms. The average molecular weight is 758 g/mol. The molecule has 290 valence electrons. The number of nitrogens with zero attached hydrogens (tertiary/aromatic N) is 5. The van der Waals surface area contributed by atoms with Crippen molar-refractivity contribution in [2.45, 2.75) is 63.7 Å². The molecule has 5 heterocycles. The van der Waals surface area contributed by atoms with Crippen LogP contribution in [0, 0.1) is 17.8 Å². The Balaban J connectivity index is 1.02. The van der Waals surface area contributed by atoms with E-state index >= 15 is 0 Å². The van der Waals surface area contributed by atoms with Gasteiger partial charge in [0.1, 0.15) is 29.4 Å². The van der Waals surface area contributed by atoms with Gasteiger partial charge in [0.05, 0.1) is 48.8 Å². The van der Waals surface area contributed by atoms with E-state index in [1.165, 1.54) is 7.11 Å². The van der Waals surface area contributed by atoms with Gasteiger partial charge in [-0.1, -0.05) is 56.2 Å². The van der Waals surface area contributed by atoms with Crippen molar-refractivity contribution in [3.63, 3.8) is 0 Å². The van der Waals surface area contributed by atoms with Gasteiger partial charge in [-0.05, 0) is 67.4 Å². The number of pyridine rings is 1. The number of aromatic amines is 2. The van der Waals surface area contributed by atoms with E-state index in [0.717, 1.165) is 64.9 Å². The highest BCUT2D eigenvalue weighted by atomic mass is 16.5. The number of amides is 3. The lowest BCUT2D eigenvalue weighted by atomic mass is 10.0. The van der Waals surface area contributed by atoms with Crippen LogP contribution in [0.5, 0.6) is 0 Å². The monoisotopic (exact) mass is 757 g/mol. The Bertz CT molecular complexity index is 2220. The van der Waals surface area contributed by atoms with Crippen LogP contribution in [-0.4, -0.2) is 92.7 Å². The normalized spacial score (nSPS) is 17.8. The van der Waals surface area contributed by atoms with Crippen molar-refractivity contribution in [2.24, 2.45) is 5.92 Å². The number of imidazole rings is 2. The van der Waals surface area contributed by atoms with Gasteiger partial charge in [0, 0.05) is 37.5 Å². The molecule has 4 unspecified atom stereocenters. The zero-order chi connectivity index (χ0) is 39.2. The van der Waals surface area contributed by atoms with Crippen molar-refractivity contribution < 1.29 is 23.9 Å². The fourth-order valence-electron chi connectivity index (χ4n) is 7.53. The molecule has 4 atom stereocenters. The molecule has 4 N–H and O–H groups in total. The summed E-state index contributed by atoms with van der Waals surface area (Å²) in [5.41, 5.74) is 5.67. The van der Waals surface area contributed by atoms with Gasteiger partial charge in [-0.2, -0.15) is 0 Å². The first-order valence-corrected chi connectivity index (χ1v) is 19.0. The smallest absolute Gasteiger partial charge is 0.407 e. The van der Waals surface area contributed by atoms with Gasteiger partial charge in [0.15, 0.2) is 0 Å². The van der Waals surface area contributed by atoms with E-state index in [4.69, 9.17) is 19.4 Å². The number of hydrogen-bond acceptors (Lipinski definition) is 9. The molecular formula is C42H47N9O5. The third-order valence-electron chi connectivity index (χ3n) is 10.4. The zero-order valence-corrected chi connectivity index (χ0v) is 32.0. The van der Waals surface area contributed by atoms with Crippen molar-refractivity contribution in [1.29, 1.82) is 0 Å². The van der Waals surface area contributed by atoms with Gasteiger partial charge in [-0.3, -0.25) is 19.9 Å². The number of nitrogens with one attached hydrogen (secondary N) is 4. The number of H-pyrrole nitrogens is 2. The highest BCUT2D eigenvalue weighted by molar-refractivity contribution is 5.87. The second-order valence-electron chi connectivity index (χ2n) is 14.4. The molecule has 2 aliphatic heterocycles. The number of carbonyl (C=O) groups is 3. The largest absolute Gasteiger partial charge is 0.453 e. The van der Waals surface area contributed by atoms with Crippen LogP contribution < -0.4 is 10.6 Å². The maximum absolute atomic E-state index is 13.9. The van der Waals surface area contributed by atoms with Gasteiger partial charge in [-0.25, -0.2) is 14.8 Å². The van der Waals surface area contributed by atoms with Gasteiger partial charge < -0.3 is 34.6 Å². The second-order valence-corrected chi connectivity index (χ2v) is 14.4. The minimum Gasteiger partial charge on any atom is -0.453 e. The van der Waals surface area contributed by atoms with E-state index in [0.29, 0.717) is 24.6 Å². The predicted octanol–water partition coefficient (Wildman–Crippen LogP) is 5.39. The number of carbonyl (C=O) groups excluding carboxylic acids is 3. The maximum atomic E-state index is 13.9. The van der Waals surface area contributed by atoms with Crippen LogP contribution in [0.15, 0.2) is 73.1 Å². The Kier molecular flexibility index (Phi) is 11.7. The number of rotatable bonds is 11. The molecule has 7 rings (SSSR count). The number of fused-ring (bicyclic) bond motifs is 1. The van der Waals surface area contributed by atoms with Gasteiger partial charge >= 0.3 is 6.09 Å². The average Bonchev–Trinajstić information content (AvgIpc) is 4.05. The number of benzene rings is 2. The van der Waals surface area contributed by atoms with Crippen molar-refractivity contribution >= 4 is 28.9 Å². The molecule has 2 fully saturated rings. The van der Waals surface area contributed by atoms with E-state index in [1.54, 1.807) is 24.4 Å². The molecule has 14 heteroatoms. The molecule has 0 saturated carbocycles. The quantitative estimate of drug-likeness (QED) is 0.102. The summed E-state index contributed by atoms with van der Waals surface area (Å²) in [6.07, 6.45) is 6.08. The molecule has 5 aromatic rings. The third-order valence-corrected chi connectivity index (χ3v) is 10.4. The summed E-state index contributed by atoms with van der Waals surface area (Å²) in [5.74, 6) is 7.45. The van der Waals surface area contributed by atoms with Gasteiger partial charge in [0.2, 0.25) is 11.8 Å². The van der Waals surface area contributed by atoms with E-state index in [2.05, 4.69) is 37.4 Å². The molecule has 2 aliphatic rings. The summed E-state index contributed by atoms with van der Waals surface area (Å²) in [5, 5.41) is 5.92. The molecule has 0 spiro atoms. The van der Waals surface area contributed by atoms with Crippen molar-refractivity contribution in [1.82, 2.24) is 45.4 Å². The minimum absolute atomic E-state index is 0.00386. The number of methoxy groups -OCH3 is 2. The number of ether oxygens (including phenoxy) is 2. The summed E-state index contributed by atoms with van der Waals surface area (Å²) >= 11 is 0. The molecule has 0 bridgehead atoms. The Hall–Kier alpha value is -6.04. The van der Waals surface area contributed by atoms with Crippen LogP contribution in [0.4, 0.5) is 4.79 Å². The first-order valence-electron chi connectivity index (χ1n) is 19.0. The second kappa shape index (κ2) is 17.2. The van der Waals surface area contributed by atoms with Crippen LogP contribution in [0.2, 0.25) is 0 Å². The first kappa shape index (κ1) is 38.2. The van der Waals surface area contributed by atoms with E-state index < -0.39 is 18.2 Å². The lowest BCUT2D eigenvalue weighted by Crippen LogP contribution is -2.51. The van der Waals surface area contributed by atoms with Crippen molar-refractivity contribution in [3.8, 4) is 23.1 Å². The maximum Gasteiger partial charge on any atom is 0.407 e. The standard InChI is InChI=1S/C42H47N9O5/c1-26(2)36(49-42(54)56-4)40(52)50-20-8-12-34(50)38-44-24-30(46-38)17-14-27-15-18-31(43-23-27)29-16-19-32-33(22-29)48-39(47-32)35-13-9-21-51(35)41(53)37(45-25-55-3)28-10-6-5-7-11-28/h5-7,10-11,15-16,18-19,22-24,26,34-37,45H,8-9,12-13,20-21,25H2,1-4H3,(H,44,46)(H,47,48)(H,49,54). The Morgan fingerprint density at radius 3 is 2.32 bits per heavy atom. The molecule has 14 nitrogen and oxygen atoms in total. The van der Waals surface area contributed by atoms with E-state index in [-0.39, 0.29) is 36.5 Å². The lowest BCUT2D eigenvalue weighted by molar-refractivity contribution is -0.136. The Morgan fingerprint density at radius 2 is 1.62 bits per heavy atom. The molecule has 3 amide bonds. The van der Waals surface area contributed by atoms with Crippen LogP contribution >= 0.6 is 0 Å². The summed E-state index contributed by atoms with van der Waals surface area (Å²) < 4.78 is 9.99. The Morgan fingerprint density at radius 1 is 0.875 bits per heavy atom. The summed E-state index contributed by atoms with van der Waals surface area (Å²) in [6, 6.07) is 18.0. The summed E-state index contributed by atoms with van der Waals surface area (Å²) in [7, 11) is 2.89. The Labute approximate surface area is 325 Å². The predicted molar refractivity (Wildman–Crippen MR) is 210 cm³/mol. The SMILES string of the molecule is COCNC(C(=O)N1CCCC1c1nc2ccc(-c3ccc(C#Cc4cnc(C5CCCN5C(=O)C(NC(=O)OC)C(C)C)[nH]4)cn3)cc2[nH]1)c1ccccc1. The molecule has 3 aromatic heterocycles. The summed E-state index contributed by atoms with van der Waals surface area (Å²) in [4.78, 5) is 64.0. The number of alkyl carbamates (subject to hydrolysis) is 1. The molecular weight excluding hydrogens is 711 g/mol. The van der Waals surface area contributed by atoms with Gasteiger partial charge in [0.25, 0.3) is 0 Å². The summed E-state index contributed by atoms with van der Waals surface area (Å²) in [6.45, 7) is 5.27. The molecule has 2 saturated heterocycles. The molecule has 0 radical (unpaired) electrons.